The summed E-state index contributed by atoms with van der Waals surface area (Å²) in [7, 11) is 0. The standard InChI is InChI=1S/C27H30F3N5O2S/c1-16-14-23(27(28,29)30)33-35(16)17(2)26(37)34-12-10-19(11-13-34)25-32-22(15-38-25)24(36)31-21-9-5-7-18-6-3-4-8-20(18)21/h3-4,6,8,14-15,17,19,21H,5,7,9-13H2,1-2H3,(H,31,36)/t17?,21-/m1/s1. The minimum absolute atomic E-state index is 0.0144. The van der Waals surface area contributed by atoms with Gasteiger partial charge in [-0.2, -0.15) is 18.3 Å². The average Bonchev–Trinajstić information content (AvgIpc) is 3.56. The lowest BCUT2D eigenvalue weighted by Gasteiger charge is -2.33. The zero-order chi connectivity index (χ0) is 27.0. The van der Waals surface area contributed by atoms with E-state index in [2.05, 4.69) is 27.5 Å². The molecule has 0 radical (unpaired) electrons. The van der Waals surface area contributed by atoms with Crippen molar-refractivity contribution in [2.75, 3.05) is 13.1 Å². The Kier molecular flexibility index (Phi) is 7.30. The molecule has 1 aliphatic heterocycles. The second-order valence-electron chi connectivity index (χ2n) is 10.1. The van der Waals surface area contributed by atoms with E-state index in [4.69, 9.17) is 0 Å². The first-order chi connectivity index (χ1) is 18.1. The zero-order valence-corrected chi connectivity index (χ0v) is 22.1. The lowest BCUT2D eigenvalue weighted by atomic mass is 9.88. The van der Waals surface area contributed by atoms with Crippen LogP contribution in [0.4, 0.5) is 13.2 Å². The summed E-state index contributed by atoms with van der Waals surface area (Å²) in [6.45, 7) is 4.03. The number of alkyl halides is 3. The molecule has 1 unspecified atom stereocenters. The maximum atomic E-state index is 13.0. The molecule has 3 heterocycles. The fourth-order valence-corrected chi connectivity index (χ4v) is 6.42. The smallest absolute Gasteiger partial charge is 0.344 e. The lowest BCUT2D eigenvalue weighted by molar-refractivity contribution is -0.142. The number of aryl methyl sites for hydroxylation is 2. The van der Waals surface area contributed by atoms with E-state index in [1.165, 1.54) is 29.4 Å². The first-order valence-electron chi connectivity index (χ1n) is 12.9. The Morgan fingerprint density at radius 2 is 1.89 bits per heavy atom. The largest absolute Gasteiger partial charge is 0.435 e. The number of amides is 2. The number of rotatable bonds is 5. The number of fused-ring (bicyclic) bond motifs is 1. The highest BCUT2D eigenvalue weighted by Crippen LogP contribution is 2.33. The molecule has 2 aliphatic rings. The Labute approximate surface area is 223 Å². The fourth-order valence-electron chi connectivity index (χ4n) is 5.45. The van der Waals surface area contributed by atoms with Crippen molar-refractivity contribution < 1.29 is 22.8 Å². The summed E-state index contributed by atoms with van der Waals surface area (Å²) in [5.74, 6) is -0.307. The molecule has 1 fully saturated rings. The van der Waals surface area contributed by atoms with Gasteiger partial charge in [-0.25, -0.2) is 4.98 Å². The quantitative estimate of drug-likeness (QED) is 0.463. The molecule has 1 aromatic carbocycles. The second kappa shape index (κ2) is 10.5. The number of piperidine rings is 1. The van der Waals surface area contributed by atoms with Crippen molar-refractivity contribution >= 4 is 23.2 Å². The molecule has 2 aromatic heterocycles. The topological polar surface area (TPSA) is 80.1 Å². The fraction of sp³-hybridized carbons (Fsp3) is 0.481. The number of benzene rings is 1. The molecule has 2 atom stereocenters. The average molecular weight is 546 g/mol. The van der Waals surface area contributed by atoms with Crippen LogP contribution in [0.15, 0.2) is 35.7 Å². The van der Waals surface area contributed by atoms with Crippen LogP contribution >= 0.6 is 11.3 Å². The molecular formula is C27H30F3N5O2S. The molecule has 3 aromatic rings. The van der Waals surface area contributed by atoms with Crippen molar-refractivity contribution in [2.45, 2.75) is 70.1 Å². The number of aromatic nitrogens is 3. The summed E-state index contributed by atoms with van der Waals surface area (Å²) in [6, 6.07) is 8.32. The van der Waals surface area contributed by atoms with E-state index < -0.39 is 17.9 Å². The molecule has 0 spiro atoms. The van der Waals surface area contributed by atoms with Gasteiger partial charge in [0.25, 0.3) is 5.91 Å². The van der Waals surface area contributed by atoms with Crippen LogP contribution in [0.25, 0.3) is 0 Å². The molecule has 2 amide bonds. The summed E-state index contributed by atoms with van der Waals surface area (Å²) >= 11 is 1.46. The Morgan fingerprint density at radius 3 is 2.61 bits per heavy atom. The number of halogens is 3. The van der Waals surface area contributed by atoms with Gasteiger partial charge in [0.15, 0.2) is 5.69 Å². The Bertz CT molecular complexity index is 1330. The van der Waals surface area contributed by atoms with Gasteiger partial charge in [0.2, 0.25) is 5.91 Å². The van der Waals surface area contributed by atoms with Gasteiger partial charge in [-0.15, -0.1) is 11.3 Å². The van der Waals surface area contributed by atoms with Gasteiger partial charge < -0.3 is 10.2 Å². The van der Waals surface area contributed by atoms with Crippen LogP contribution in [0.3, 0.4) is 0 Å². The number of thiazole rings is 1. The van der Waals surface area contributed by atoms with Crippen LogP contribution in [-0.4, -0.2) is 44.6 Å². The first-order valence-corrected chi connectivity index (χ1v) is 13.8. The van der Waals surface area contributed by atoms with E-state index in [9.17, 15) is 22.8 Å². The van der Waals surface area contributed by atoms with Crippen LogP contribution in [0.2, 0.25) is 0 Å². The normalized spacial score (nSPS) is 19.2. The minimum Gasteiger partial charge on any atom is -0.344 e. The van der Waals surface area contributed by atoms with Crippen molar-refractivity contribution in [1.82, 2.24) is 25.0 Å². The van der Waals surface area contributed by atoms with Crippen molar-refractivity contribution in [3.8, 4) is 0 Å². The molecule has 1 saturated heterocycles. The molecule has 0 saturated carbocycles. The predicted molar refractivity (Wildman–Crippen MR) is 137 cm³/mol. The van der Waals surface area contributed by atoms with E-state index in [0.29, 0.717) is 37.3 Å². The highest BCUT2D eigenvalue weighted by molar-refractivity contribution is 7.09. The molecule has 202 valence electrons. The number of hydrogen-bond donors (Lipinski definition) is 1. The summed E-state index contributed by atoms with van der Waals surface area (Å²) in [4.78, 5) is 32.3. The van der Waals surface area contributed by atoms with Crippen LogP contribution in [-0.2, 0) is 17.4 Å². The van der Waals surface area contributed by atoms with Crippen LogP contribution in [0.1, 0.15) is 88.6 Å². The predicted octanol–water partition coefficient (Wildman–Crippen LogP) is 5.44. The third kappa shape index (κ3) is 5.34. The van der Waals surface area contributed by atoms with Crippen molar-refractivity contribution in [1.29, 1.82) is 0 Å². The molecule has 5 rings (SSSR count). The summed E-state index contributed by atoms with van der Waals surface area (Å²) in [5.41, 5.74) is 2.16. The van der Waals surface area contributed by atoms with Crippen molar-refractivity contribution in [3.63, 3.8) is 0 Å². The highest BCUT2D eigenvalue weighted by atomic mass is 32.1. The molecule has 0 bridgehead atoms. The van der Waals surface area contributed by atoms with Crippen LogP contribution in [0, 0.1) is 6.92 Å². The molecule has 11 heteroatoms. The first kappa shape index (κ1) is 26.4. The van der Waals surface area contributed by atoms with Gasteiger partial charge in [-0.3, -0.25) is 14.3 Å². The lowest BCUT2D eigenvalue weighted by Crippen LogP contribution is -2.41. The van der Waals surface area contributed by atoms with E-state index in [1.807, 2.05) is 12.1 Å². The SMILES string of the molecule is Cc1cc(C(F)(F)F)nn1C(C)C(=O)N1CCC(c2nc(C(=O)N[C@@H]3CCCc4ccccc43)cs2)CC1. The molecule has 1 aliphatic carbocycles. The van der Waals surface area contributed by atoms with Crippen molar-refractivity contribution in [2.24, 2.45) is 0 Å². The third-order valence-electron chi connectivity index (χ3n) is 7.52. The molecule has 7 nitrogen and oxygen atoms in total. The number of nitrogens with zero attached hydrogens (tertiary/aromatic N) is 4. The summed E-state index contributed by atoms with van der Waals surface area (Å²) < 4.78 is 40.2. The number of nitrogens with one attached hydrogen (secondary N) is 1. The maximum absolute atomic E-state index is 13.0. The monoisotopic (exact) mass is 545 g/mol. The van der Waals surface area contributed by atoms with E-state index in [-0.39, 0.29) is 23.8 Å². The van der Waals surface area contributed by atoms with Crippen LogP contribution < -0.4 is 5.32 Å². The maximum Gasteiger partial charge on any atom is 0.435 e. The van der Waals surface area contributed by atoms with Gasteiger partial charge in [0.05, 0.1) is 11.0 Å². The summed E-state index contributed by atoms with van der Waals surface area (Å²) in [5, 5.41) is 9.44. The number of likely N-dealkylation sites (tertiary alicyclic amines) is 1. The second-order valence-corrected chi connectivity index (χ2v) is 11.0. The molecule has 38 heavy (non-hydrogen) atoms. The van der Waals surface area contributed by atoms with Crippen LogP contribution in [0.5, 0.6) is 0 Å². The number of carbonyl (C=O) groups is 2. The van der Waals surface area contributed by atoms with Gasteiger partial charge >= 0.3 is 6.18 Å². The summed E-state index contributed by atoms with van der Waals surface area (Å²) in [6.07, 6.45) is -0.241. The number of hydrogen-bond acceptors (Lipinski definition) is 5. The molecule has 1 N–H and O–H groups in total. The van der Waals surface area contributed by atoms with Crippen molar-refractivity contribution in [3.05, 3.63) is 68.9 Å². The van der Waals surface area contributed by atoms with Gasteiger partial charge in [-0.1, -0.05) is 24.3 Å². The third-order valence-corrected chi connectivity index (χ3v) is 8.53. The number of carbonyl (C=O) groups excluding carboxylic acids is 2. The van der Waals surface area contributed by atoms with Gasteiger partial charge in [0.1, 0.15) is 11.7 Å². The Morgan fingerprint density at radius 1 is 1.16 bits per heavy atom. The van der Waals surface area contributed by atoms with Gasteiger partial charge in [-0.05, 0) is 63.1 Å². The minimum atomic E-state index is -4.55. The van der Waals surface area contributed by atoms with E-state index in [0.717, 1.165) is 35.0 Å². The Balaban J connectivity index is 1.18. The zero-order valence-electron chi connectivity index (χ0n) is 21.3. The Hall–Kier alpha value is -3.21. The van der Waals surface area contributed by atoms with E-state index >= 15 is 0 Å². The van der Waals surface area contributed by atoms with Gasteiger partial charge in [0, 0.05) is 30.1 Å². The highest BCUT2D eigenvalue weighted by Gasteiger charge is 2.36. The van der Waals surface area contributed by atoms with E-state index in [1.54, 1.807) is 17.2 Å². The molecular weight excluding hydrogens is 515 g/mol.